The quantitative estimate of drug-likeness (QED) is 0.0496. The SMILES string of the molecule is CC(C)(CCCC[C@H]1CCC2C3CC=C4C(C)(C)C(OC(=O)CCSSCCC(=O)O)CC[C@]4(C)C3CC[C@@]21C)OC(=O)CCSSCCC(=O)O. The third-order valence-corrected chi connectivity index (χ3v) is 17.9. The Hall–Kier alpha value is -0.980. The van der Waals surface area contributed by atoms with Gasteiger partial charge in [0.1, 0.15) is 11.7 Å². The molecule has 0 aliphatic heterocycles. The number of carboxylic acid groups (broad SMARTS) is 2. The molecule has 2 N–H and O–H groups in total. The first-order chi connectivity index (χ1) is 24.5. The van der Waals surface area contributed by atoms with Crippen LogP contribution in [0.25, 0.3) is 0 Å². The molecule has 0 amide bonds. The fourth-order valence-corrected chi connectivity index (χ4v) is 14.4. The number of unbranched alkanes of at least 4 members (excludes halogenated alkanes) is 1. The average molecular weight is 801 g/mol. The van der Waals surface area contributed by atoms with E-state index in [9.17, 15) is 19.2 Å². The molecule has 3 fully saturated rings. The van der Waals surface area contributed by atoms with Crippen molar-refractivity contribution in [3.05, 3.63) is 11.6 Å². The minimum atomic E-state index is -0.796. The molecule has 0 bridgehead atoms. The maximum atomic E-state index is 12.9. The van der Waals surface area contributed by atoms with Gasteiger partial charge in [-0.3, -0.25) is 19.2 Å². The van der Waals surface area contributed by atoms with E-state index in [1.54, 1.807) is 10.8 Å². The van der Waals surface area contributed by atoms with E-state index in [0.29, 0.717) is 47.2 Å². The third-order valence-electron chi connectivity index (χ3n) is 13.1. The smallest absolute Gasteiger partial charge is 0.307 e. The highest BCUT2D eigenvalue weighted by Gasteiger charge is 2.61. The van der Waals surface area contributed by atoms with Crippen molar-refractivity contribution >= 4 is 67.1 Å². The van der Waals surface area contributed by atoms with E-state index in [4.69, 9.17) is 19.7 Å². The maximum absolute atomic E-state index is 12.9. The molecule has 8 nitrogen and oxygen atoms in total. The first kappa shape index (κ1) is 43.7. The van der Waals surface area contributed by atoms with E-state index < -0.39 is 17.5 Å². The third kappa shape index (κ3) is 11.3. The number of hydrogen-bond acceptors (Lipinski definition) is 10. The van der Waals surface area contributed by atoms with Gasteiger partial charge in [0.25, 0.3) is 0 Å². The lowest BCUT2D eigenvalue weighted by atomic mass is 9.44. The lowest BCUT2D eigenvalue weighted by molar-refractivity contribution is -0.159. The summed E-state index contributed by atoms with van der Waals surface area (Å²) in [7, 11) is 6.08. The number of aliphatic carboxylic acids is 2. The van der Waals surface area contributed by atoms with Crippen molar-refractivity contribution in [2.24, 2.45) is 39.9 Å². The van der Waals surface area contributed by atoms with Crippen molar-refractivity contribution in [3.63, 3.8) is 0 Å². The van der Waals surface area contributed by atoms with Crippen LogP contribution in [0.2, 0.25) is 0 Å². The lowest BCUT2D eigenvalue weighted by Crippen LogP contribution is -2.55. The molecule has 0 spiro atoms. The maximum Gasteiger partial charge on any atom is 0.307 e. The van der Waals surface area contributed by atoms with Gasteiger partial charge in [-0.2, -0.15) is 0 Å². The van der Waals surface area contributed by atoms with E-state index in [1.165, 1.54) is 70.1 Å². The minimum Gasteiger partial charge on any atom is -0.481 e. The summed E-state index contributed by atoms with van der Waals surface area (Å²) in [6.07, 6.45) is 16.1. The second-order valence-corrected chi connectivity index (χ2v) is 22.7. The summed E-state index contributed by atoms with van der Waals surface area (Å²) in [5.74, 6) is 3.34. The van der Waals surface area contributed by atoms with Gasteiger partial charge in [0.05, 0.1) is 25.7 Å². The average Bonchev–Trinajstić information content (AvgIpc) is 3.39. The number of ether oxygens (including phenoxy) is 2. The highest BCUT2D eigenvalue weighted by atomic mass is 33.1. The van der Waals surface area contributed by atoms with Crippen LogP contribution in [0.3, 0.4) is 0 Å². The van der Waals surface area contributed by atoms with Crippen LogP contribution < -0.4 is 0 Å². The molecule has 52 heavy (non-hydrogen) atoms. The van der Waals surface area contributed by atoms with E-state index >= 15 is 0 Å². The van der Waals surface area contributed by atoms with Gasteiger partial charge in [0.15, 0.2) is 0 Å². The van der Waals surface area contributed by atoms with Crippen LogP contribution >= 0.6 is 43.2 Å². The van der Waals surface area contributed by atoms with Crippen LogP contribution in [0.4, 0.5) is 0 Å². The second-order valence-electron chi connectivity index (χ2n) is 17.3. The van der Waals surface area contributed by atoms with E-state index in [1.807, 2.05) is 13.8 Å². The van der Waals surface area contributed by atoms with E-state index in [2.05, 4.69) is 33.8 Å². The van der Waals surface area contributed by atoms with Crippen molar-refractivity contribution in [1.29, 1.82) is 0 Å². The molecule has 0 aromatic rings. The molecule has 4 rings (SSSR count). The summed E-state index contributed by atoms with van der Waals surface area (Å²) >= 11 is 0. The molecule has 0 aromatic heterocycles. The Kier molecular flexibility index (Phi) is 16.2. The van der Waals surface area contributed by atoms with Gasteiger partial charge in [-0.15, -0.1) is 0 Å². The van der Waals surface area contributed by atoms with Crippen LogP contribution in [0.15, 0.2) is 11.6 Å². The number of rotatable bonds is 21. The molecule has 0 heterocycles. The van der Waals surface area contributed by atoms with E-state index in [-0.39, 0.29) is 41.7 Å². The fraction of sp³-hybridized carbons (Fsp3) is 0.850. The predicted octanol–water partition coefficient (Wildman–Crippen LogP) is 10.5. The Morgan fingerprint density at radius 1 is 0.769 bits per heavy atom. The predicted molar refractivity (Wildman–Crippen MR) is 216 cm³/mol. The number of carbonyl (C=O) groups excluding carboxylic acids is 2. The van der Waals surface area contributed by atoms with Crippen molar-refractivity contribution in [2.75, 3.05) is 23.0 Å². The van der Waals surface area contributed by atoms with Crippen molar-refractivity contribution < 1.29 is 38.9 Å². The zero-order chi connectivity index (χ0) is 38.2. The summed E-state index contributed by atoms with van der Waals surface area (Å²) in [6, 6.07) is 0. The van der Waals surface area contributed by atoms with Crippen LogP contribution in [-0.4, -0.2) is 68.8 Å². The zero-order valence-electron chi connectivity index (χ0n) is 32.4. The normalized spacial score (nSPS) is 30.7. The number of allylic oxidation sites excluding steroid dienone is 1. The molecule has 0 aromatic carbocycles. The second kappa shape index (κ2) is 19.2. The summed E-state index contributed by atoms with van der Waals surface area (Å²) in [5, 5.41) is 17.6. The van der Waals surface area contributed by atoms with Crippen LogP contribution in [0, 0.1) is 39.9 Å². The molecule has 4 unspecified atom stereocenters. The first-order valence-corrected chi connectivity index (χ1v) is 24.5. The van der Waals surface area contributed by atoms with Crippen LogP contribution in [0.5, 0.6) is 0 Å². The van der Waals surface area contributed by atoms with E-state index in [0.717, 1.165) is 56.3 Å². The highest BCUT2D eigenvalue weighted by Crippen LogP contribution is 2.68. The van der Waals surface area contributed by atoms with Gasteiger partial charge < -0.3 is 19.7 Å². The Balaban J connectivity index is 1.23. The monoisotopic (exact) mass is 800 g/mol. The van der Waals surface area contributed by atoms with Crippen molar-refractivity contribution in [2.45, 2.75) is 150 Å². The standard InChI is InChI=1S/C40H64O8S4/c1-37(2,48-36(46)19-26-52-50-24-17-34(43)44)20-8-7-9-27-10-12-29-28-11-13-31-38(3,4)32(47-35(45)18-25-51-49-23-16-33(41)42)15-22-40(31,6)30(28)14-21-39(27,29)5/h13,27-30,32H,7-12,14-26H2,1-6H3,(H,41,42)(H,43,44)/t27-,28?,29?,30?,32?,39+,40+/m0/s1. The van der Waals surface area contributed by atoms with Crippen LogP contribution in [-0.2, 0) is 28.7 Å². The molecule has 0 radical (unpaired) electrons. The number of fused-ring (bicyclic) bond motifs is 5. The van der Waals surface area contributed by atoms with Crippen molar-refractivity contribution in [1.82, 2.24) is 0 Å². The van der Waals surface area contributed by atoms with Gasteiger partial charge in [0.2, 0.25) is 0 Å². The molecule has 296 valence electrons. The molecule has 4 aliphatic carbocycles. The molecule has 0 saturated heterocycles. The minimum absolute atomic E-state index is 0.112. The zero-order valence-corrected chi connectivity index (χ0v) is 35.6. The molecule has 3 saturated carbocycles. The topological polar surface area (TPSA) is 127 Å². The Morgan fingerprint density at radius 3 is 1.98 bits per heavy atom. The summed E-state index contributed by atoms with van der Waals surface area (Å²) in [4.78, 5) is 46.7. The largest absolute Gasteiger partial charge is 0.481 e. The van der Waals surface area contributed by atoms with Gasteiger partial charge in [-0.25, -0.2) is 0 Å². The Bertz CT molecular complexity index is 1290. The summed E-state index contributed by atoms with van der Waals surface area (Å²) in [6.45, 7) is 13.7. The Morgan fingerprint density at radius 2 is 1.37 bits per heavy atom. The van der Waals surface area contributed by atoms with Gasteiger partial charge in [0, 0.05) is 28.4 Å². The molecule has 4 aliphatic rings. The summed E-state index contributed by atoms with van der Waals surface area (Å²) < 4.78 is 12.0. The fourth-order valence-electron chi connectivity index (χ4n) is 10.5. The number of carbonyl (C=O) groups is 4. The number of esters is 2. The number of carboxylic acids is 2. The van der Waals surface area contributed by atoms with Crippen molar-refractivity contribution in [3.8, 4) is 0 Å². The highest BCUT2D eigenvalue weighted by molar-refractivity contribution is 8.77. The van der Waals surface area contributed by atoms with Crippen LogP contribution in [0.1, 0.15) is 138 Å². The Labute approximate surface area is 328 Å². The van der Waals surface area contributed by atoms with Gasteiger partial charge in [-0.1, -0.05) is 88.9 Å². The molecular weight excluding hydrogens is 737 g/mol. The van der Waals surface area contributed by atoms with Gasteiger partial charge in [-0.05, 0) is 113 Å². The molecule has 12 heteroatoms. The summed E-state index contributed by atoms with van der Waals surface area (Å²) in [5.41, 5.74) is 1.37. The first-order valence-electron chi connectivity index (χ1n) is 19.5. The molecular formula is C40H64O8S4. The lowest BCUT2D eigenvalue weighted by Gasteiger charge is -2.61. The molecule has 7 atom stereocenters. The van der Waals surface area contributed by atoms with Gasteiger partial charge >= 0.3 is 23.9 Å². The number of hydrogen-bond donors (Lipinski definition) is 2.